The summed E-state index contributed by atoms with van der Waals surface area (Å²) >= 11 is 0. The van der Waals surface area contributed by atoms with Gasteiger partial charge in [0.2, 0.25) is 0 Å². The number of ketones is 1. The Hall–Kier alpha value is -5.17. The average Bonchev–Trinajstić information content (AvgIpc) is 2.86. The molecular weight excluding hydrogens is 472 g/mol. The summed E-state index contributed by atoms with van der Waals surface area (Å²) in [4.78, 5) is 12.8. The van der Waals surface area contributed by atoms with Gasteiger partial charge in [0.05, 0.1) is 5.56 Å². The predicted molar refractivity (Wildman–Crippen MR) is 141 cm³/mol. The van der Waals surface area contributed by atoms with E-state index in [0.717, 1.165) is 6.07 Å². The van der Waals surface area contributed by atoms with Gasteiger partial charge in [-0.1, -0.05) is 42.5 Å². The van der Waals surface area contributed by atoms with Crippen LogP contribution in [-0.4, -0.2) is 36.4 Å². The number of benzene rings is 4. The van der Waals surface area contributed by atoms with Crippen LogP contribution in [0.25, 0.3) is 23.3 Å². The van der Waals surface area contributed by atoms with Crippen molar-refractivity contribution in [2.45, 2.75) is 6.42 Å². The zero-order valence-corrected chi connectivity index (χ0v) is 19.5. The summed E-state index contributed by atoms with van der Waals surface area (Å²) in [6.07, 6.45) is 6.74. The Bertz CT molecular complexity index is 1520. The molecule has 186 valence electrons. The van der Waals surface area contributed by atoms with Crippen molar-refractivity contribution in [3.63, 3.8) is 0 Å². The van der Waals surface area contributed by atoms with Crippen molar-refractivity contribution >= 4 is 17.9 Å². The van der Waals surface area contributed by atoms with Crippen molar-refractivity contribution in [1.82, 2.24) is 0 Å². The van der Waals surface area contributed by atoms with E-state index >= 15 is 0 Å². The summed E-state index contributed by atoms with van der Waals surface area (Å²) in [5.41, 5.74) is 2.31. The predicted octanol–water partition coefficient (Wildman–Crippen LogP) is 5.74. The molecule has 4 aromatic carbocycles. The number of carbonyl (C=O) groups is 1. The van der Waals surface area contributed by atoms with E-state index in [4.69, 9.17) is 0 Å². The summed E-state index contributed by atoms with van der Waals surface area (Å²) in [6.45, 7) is 0. The summed E-state index contributed by atoms with van der Waals surface area (Å²) in [6, 6.07) is 17.7. The van der Waals surface area contributed by atoms with Gasteiger partial charge in [-0.05, 0) is 65.6 Å². The Labute approximate surface area is 212 Å². The fourth-order valence-corrected chi connectivity index (χ4v) is 3.76. The molecule has 0 saturated carbocycles. The molecule has 0 atom stereocenters. The first-order valence-corrected chi connectivity index (χ1v) is 11.3. The van der Waals surface area contributed by atoms with Crippen LogP contribution in [0.3, 0.4) is 0 Å². The van der Waals surface area contributed by atoms with Crippen LogP contribution >= 0.6 is 0 Å². The molecule has 0 radical (unpaired) electrons. The molecule has 0 fully saturated rings. The first-order valence-electron chi connectivity index (χ1n) is 11.3. The molecule has 6 N–H and O–H groups in total. The molecule has 0 saturated heterocycles. The van der Waals surface area contributed by atoms with Crippen LogP contribution in [-0.2, 0) is 6.42 Å². The van der Waals surface area contributed by atoms with Crippen molar-refractivity contribution in [2.75, 3.05) is 0 Å². The van der Waals surface area contributed by atoms with Gasteiger partial charge in [0.1, 0.15) is 34.5 Å². The lowest BCUT2D eigenvalue weighted by Gasteiger charge is -2.11. The molecule has 0 spiro atoms. The minimum Gasteiger partial charge on any atom is -0.508 e. The van der Waals surface area contributed by atoms with Gasteiger partial charge in [-0.25, -0.2) is 0 Å². The Balaban J connectivity index is 1.61. The van der Waals surface area contributed by atoms with Crippen LogP contribution in [0.1, 0.15) is 27.0 Å². The van der Waals surface area contributed by atoms with E-state index in [1.165, 1.54) is 48.6 Å². The van der Waals surface area contributed by atoms with Gasteiger partial charge in [-0.2, -0.15) is 0 Å². The van der Waals surface area contributed by atoms with E-state index in [2.05, 4.69) is 0 Å². The fourth-order valence-electron chi connectivity index (χ4n) is 3.76. The molecule has 0 bridgehead atoms. The van der Waals surface area contributed by atoms with Gasteiger partial charge in [0.15, 0.2) is 5.78 Å². The minimum absolute atomic E-state index is 0.0262. The number of rotatable bonds is 7. The third-order valence-corrected chi connectivity index (χ3v) is 5.73. The van der Waals surface area contributed by atoms with Crippen molar-refractivity contribution in [2.24, 2.45) is 0 Å². The molecule has 0 aromatic heterocycles. The standard InChI is InChI=1S/C30H24O7/c31-21-9-4-18(5-10-21)6-12-27(34)25-16-24(29(36)17-30(25)37)23-14-19(7-13-26(23)33)2-1-3-20-8-11-22(32)15-28(20)35/h1-2,4-17,31-33,35-37H,3H2. The van der Waals surface area contributed by atoms with E-state index in [1.54, 1.807) is 42.5 Å². The molecular formula is C30H24O7. The van der Waals surface area contributed by atoms with E-state index in [1.807, 2.05) is 0 Å². The number of phenols is 6. The quantitative estimate of drug-likeness (QED) is 0.142. The SMILES string of the molecule is O=C(C=Cc1ccc(O)cc1)c1cc(-c2cc(C=CCc3ccc(O)cc3O)ccc2O)c(O)cc1O. The minimum atomic E-state index is -0.518. The number of hydrogen-bond acceptors (Lipinski definition) is 7. The molecule has 0 aliphatic rings. The Kier molecular flexibility index (Phi) is 7.16. The highest BCUT2D eigenvalue weighted by Gasteiger charge is 2.17. The summed E-state index contributed by atoms with van der Waals surface area (Å²) in [7, 11) is 0. The highest BCUT2D eigenvalue weighted by molar-refractivity contribution is 6.09. The van der Waals surface area contributed by atoms with Gasteiger partial charge < -0.3 is 30.6 Å². The number of allylic oxidation sites excluding steroid dienone is 2. The van der Waals surface area contributed by atoms with Crippen molar-refractivity contribution < 1.29 is 35.4 Å². The van der Waals surface area contributed by atoms with Crippen molar-refractivity contribution in [1.29, 1.82) is 0 Å². The molecule has 0 amide bonds. The van der Waals surface area contributed by atoms with Gasteiger partial charge in [-0.3, -0.25) is 4.79 Å². The van der Waals surface area contributed by atoms with Crippen molar-refractivity contribution in [3.05, 3.63) is 107 Å². The zero-order valence-electron chi connectivity index (χ0n) is 19.5. The monoisotopic (exact) mass is 496 g/mol. The van der Waals surface area contributed by atoms with Crippen LogP contribution in [0.2, 0.25) is 0 Å². The third kappa shape index (κ3) is 5.91. The highest BCUT2D eigenvalue weighted by Crippen LogP contribution is 2.40. The summed E-state index contributed by atoms with van der Waals surface area (Å²) in [5.74, 6) is -1.34. The lowest BCUT2D eigenvalue weighted by molar-refractivity contribution is 0.104. The maximum Gasteiger partial charge on any atom is 0.189 e. The smallest absolute Gasteiger partial charge is 0.189 e. The number of phenolic OH excluding ortho intramolecular Hbond substituents is 6. The summed E-state index contributed by atoms with van der Waals surface area (Å²) < 4.78 is 0. The Morgan fingerprint density at radius 2 is 1.27 bits per heavy atom. The van der Waals surface area contributed by atoms with E-state index < -0.39 is 11.5 Å². The van der Waals surface area contributed by atoms with Crippen LogP contribution in [0.4, 0.5) is 0 Å². The first kappa shape index (κ1) is 24.9. The van der Waals surface area contributed by atoms with Gasteiger partial charge in [-0.15, -0.1) is 0 Å². The second kappa shape index (κ2) is 10.6. The van der Waals surface area contributed by atoms with Gasteiger partial charge >= 0.3 is 0 Å². The van der Waals surface area contributed by atoms with Crippen LogP contribution in [0.5, 0.6) is 34.5 Å². The largest absolute Gasteiger partial charge is 0.508 e. The fraction of sp³-hybridized carbons (Fsp3) is 0.0333. The third-order valence-electron chi connectivity index (χ3n) is 5.73. The van der Waals surface area contributed by atoms with Gasteiger partial charge in [0, 0.05) is 23.3 Å². The maximum absolute atomic E-state index is 12.8. The lowest BCUT2D eigenvalue weighted by atomic mass is 9.96. The second-order valence-electron chi connectivity index (χ2n) is 8.37. The molecule has 4 aromatic rings. The van der Waals surface area contributed by atoms with Crippen LogP contribution in [0.15, 0.2) is 84.9 Å². The Morgan fingerprint density at radius 1 is 0.595 bits per heavy atom. The molecule has 0 aliphatic heterocycles. The van der Waals surface area contributed by atoms with E-state index in [0.29, 0.717) is 23.1 Å². The molecule has 4 rings (SSSR count). The van der Waals surface area contributed by atoms with Crippen LogP contribution in [0, 0.1) is 0 Å². The number of aromatic hydroxyl groups is 6. The zero-order chi connectivity index (χ0) is 26.5. The normalized spacial score (nSPS) is 11.4. The van der Waals surface area contributed by atoms with Crippen molar-refractivity contribution in [3.8, 4) is 45.6 Å². The number of carbonyl (C=O) groups excluding carboxylic acids is 1. The van der Waals surface area contributed by atoms with E-state index in [-0.39, 0.29) is 45.4 Å². The second-order valence-corrected chi connectivity index (χ2v) is 8.37. The molecule has 0 aliphatic carbocycles. The molecule has 7 heteroatoms. The van der Waals surface area contributed by atoms with Gasteiger partial charge in [0.25, 0.3) is 0 Å². The highest BCUT2D eigenvalue weighted by atomic mass is 16.3. The molecule has 0 heterocycles. The average molecular weight is 497 g/mol. The van der Waals surface area contributed by atoms with Crippen LogP contribution < -0.4 is 0 Å². The lowest BCUT2D eigenvalue weighted by Crippen LogP contribution is -1.96. The summed E-state index contributed by atoms with van der Waals surface area (Å²) in [5, 5.41) is 60.0. The molecule has 37 heavy (non-hydrogen) atoms. The first-order chi connectivity index (χ1) is 17.7. The Morgan fingerprint density at radius 3 is 2.00 bits per heavy atom. The molecule has 7 nitrogen and oxygen atoms in total. The van der Waals surface area contributed by atoms with E-state index in [9.17, 15) is 35.4 Å². The molecule has 0 unspecified atom stereocenters. The number of hydrogen-bond donors (Lipinski definition) is 6. The maximum atomic E-state index is 12.8. The topological polar surface area (TPSA) is 138 Å².